The largest absolute Gasteiger partial charge is 0.404 e. The van der Waals surface area contributed by atoms with Crippen molar-refractivity contribution >= 4 is 45.1 Å². The smallest absolute Gasteiger partial charge is 0.358 e. The van der Waals surface area contributed by atoms with Crippen molar-refractivity contribution in [1.82, 2.24) is 19.6 Å². The highest BCUT2D eigenvalue weighted by Crippen LogP contribution is 2.65. The van der Waals surface area contributed by atoms with Crippen LogP contribution in [0, 0.1) is 40.1 Å². The van der Waals surface area contributed by atoms with Gasteiger partial charge in [-0.15, -0.1) is 0 Å². The van der Waals surface area contributed by atoms with Gasteiger partial charge in [-0.2, -0.15) is 9.78 Å². The van der Waals surface area contributed by atoms with E-state index in [4.69, 9.17) is 11.6 Å². The van der Waals surface area contributed by atoms with Gasteiger partial charge < -0.3 is 15.4 Å². The molecule has 38 heavy (non-hydrogen) atoms. The zero-order valence-electron chi connectivity index (χ0n) is 20.8. The molecule has 3 aromatic rings. The van der Waals surface area contributed by atoms with Crippen LogP contribution in [0.25, 0.3) is 0 Å². The van der Waals surface area contributed by atoms with E-state index in [0.717, 1.165) is 44.2 Å². The number of carbonyl (C=O) groups excluding carboxylic acids is 1. The number of halogens is 3. The molecule has 0 spiro atoms. The van der Waals surface area contributed by atoms with Gasteiger partial charge in [-0.3, -0.25) is 9.48 Å². The number of hydrogen-bond donors (Lipinski definition) is 1. The second-order valence-corrected chi connectivity index (χ2v) is 12.7. The van der Waals surface area contributed by atoms with Crippen LogP contribution in [0.1, 0.15) is 56.2 Å². The lowest BCUT2D eigenvalue weighted by molar-refractivity contribution is -0.390. The molecule has 4 bridgehead atoms. The summed E-state index contributed by atoms with van der Waals surface area (Å²) in [7, 11) is 0. The fourth-order valence-corrected chi connectivity index (χ4v) is 8.32. The first-order chi connectivity index (χ1) is 18.0. The predicted octanol–water partition coefficient (Wildman–Crippen LogP) is 6.22. The number of nitrogens with zero attached hydrogens (tertiary/aromatic N) is 5. The molecule has 0 radical (unpaired) electrons. The number of aromatic nitrogens is 4. The minimum atomic E-state index is -0.467. The van der Waals surface area contributed by atoms with E-state index >= 15 is 0 Å². The zero-order valence-corrected chi connectivity index (χ0v) is 23.1. The Balaban J connectivity index is 1.19. The number of hydrogen-bond acceptors (Lipinski definition) is 5. The van der Waals surface area contributed by atoms with Crippen molar-refractivity contribution in [2.75, 3.05) is 5.32 Å². The Bertz CT molecular complexity index is 1420. The summed E-state index contributed by atoms with van der Waals surface area (Å²) in [5.74, 6) is 0.684. The van der Waals surface area contributed by atoms with Crippen LogP contribution < -0.4 is 5.32 Å². The van der Waals surface area contributed by atoms with Crippen molar-refractivity contribution < 1.29 is 14.1 Å². The van der Waals surface area contributed by atoms with Crippen LogP contribution in [0.3, 0.4) is 0 Å². The van der Waals surface area contributed by atoms with E-state index in [0.29, 0.717) is 39.1 Å². The molecule has 2 aromatic heterocycles. The molecular formula is C26H27BrClFN6O3. The molecule has 0 saturated heterocycles. The summed E-state index contributed by atoms with van der Waals surface area (Å²) in [4.78, 5) is 24.3. The molecule has 0 aliphatic heterocycles. The molecule has 2 atom stereocenters. The fraction of sp³-hybridized carbons (Fsp3) is 0.500. The van der Waals surface area contributed by atoms with Gasteiger partial charge >= 0.3 is 5.82 Å². The van der Waals surface area contributed by atoms with Crippen molar-refractivity contribution in [3.05, 3.63) is 67.1 Å². The average Bonchev–Trinajstić information content (AvgIpc) is 3.37. The number of nitro groups is 1. The number of aryl methyl sites for hydroxylation is 1. The van der Waals surface area contributed by atoms with Crippen molar-refractivity contribution in [1.29, 1.82) is 0 Å². The summed E-state index contributed by atoms with van der Waals surface area (Å²) < 4.78 is 18.1. The molecule has 12 heteroatoms. The van der Waals surface area contributed by atoms with Crippen molar-refractivity contribution in [3.63, 3.8) is 0 Å². The summed E-state index contributed by atoms with van der Waals surface area (Å²) in [5, 5.41) is 23.6. The molecule has 4 fully saturated rings. The number of carbonyl (C=O) groups is 1. The van der Waals surface area contributed by atoms with Gasteiger partial charge in [0.15, 0.2) is 5.82 Å². The summed E-state index contributed by atoms with van der Waals surface area (Å²) in [5.41, 5.74) is 0.639. The molecular weight excluding hydrogens is 579 g/mol. The molecule has 4 saturated carbocycles. The van der Waals surface area contributed by atoms with Crippen LogP contribution in [0.5, 0.6) is 0 Å². The fourth-order valence-electron chi connectivity index (χ4n) is 7.68. The van der Waals surface area contributed by atoms with Gasteiger partial charge in [0.2, 0.25) is 5.91 Å². The maximum Gasteiger partial charge on any atom is 0.404 e. The van der Waals surface area contributed by atoms with Gasteiger partial charge in [0.25, 0.3) is 0 Å². The topological polar surface area (TPSA) is 108 Å². The van der Waals surface area contributed by atoms with Gasteiger partial charge in [-0.05, 0) is 95.7 Å². The molecule has 4 aliphatic rings. The van der Waals surface area contributed by atoms with Crippen molar-refractivity contribution in [2.24, 2.45) is 17.3 Å². The lowest BCUT2D eigenvalue weighted by atomic mass is 9.46. The highest BCUT2D eigenvalue weighted by molar-refractivity contribution is 9.10. The Morgan fingerprint density at radius 3 is 2.68 bits per heavy atom. The summed E-state index contributed by atoms with van der Waals surface area (Å²) in [6.07, 6.45) is 7.81. The van der Waals surface area contributed by atoms with E-state index in [1.54, 1.807) is 33.8 Å². The standard InChI is InChI=1S/C26H27BrClFN6O3/c1-15-5-22(31-33(15)12-18-20(28)3-2-4-21(18)29)30-23(36)11-25-7-16-6-17(8-25)10-26(9-16,14-25)34-13-19(27)24(32-34)35(37)38/h2-5,13,16-17H,6-12,14H2,1H3,(H,30,31,36). The molecule has 9 nitrogen and oxygen atoms in total. The van der Waals surface area contributed by atoms with Crippen LogP contribution in [0.4, 0.5) is 16.0 Å². The molecule has 7 rings (SSSR count). The Morgan fingerprint density at radius 1 is 1.29 bits per heavy atom. The molecule has 2 heterocycles. The third kappa shape index (κ3) is 4.43. The molecule has 2 unspecified atom stereocenters. The number of benzene rings is 1. The molecule has 1 aromatic carbocycles. The number of anilines is 1. The van der Waals surface area contributed by atoms with Crippen LogP contribution in [0.15, 0.2) is 34.9 Å². The summed E-state index contributed by atoms with van der Waals surface area (Å²) >= 11 is 9.48. The monoisotopic (exact) mass is 604 g/mol. The third-order valence-electron chi connectivity index (χ3n) is 8.62. The third-order valence-corrected chi connectivity index (χ3v) is 9.53. The number of rotatable bonds is 7. The first-order valence-corrected chi connectivity index (χ1v) is 13.9. The van der Waals surface area contributed by atoms with E-state index in [1.807, 2.05) is 6.92 Å². The first kappa shape index (κ1) is 25.5. The van der Waals surface area contributed by atoms with Crippen LogP contribution >= 0.6 is 27.5 Å². The van der Waals surface area contributed by atoms with E-state index < -0.39 is 10.7 Å². The van der Waals surface area contributed by atoms with Crippen LogP contribution in [0.2, 0.25) is 5.02 Å². The Hall–Kier alpha value is -2.79. The van der Waals surface area contributed by atoms with Crippen molar-refractivity contribution in [3.8, 4) is 0 Å². The van der Waals surface area contributed by atoms with E-state index in [2.05, 4.69) is 31.4 Å². The zero-order chi connectivity index (χ0) is 26.8. The van der Waals surface area contributed by atoms with E-state index in [9.17, 15) is 19.3 Å². The maximum absolute atomic E-state index is 14.3. The Morgan fingerprint density at radius 2 is 2.03 bits per heavy atom. The van der Waals surface area contributed by atoms with Crippen LogP contribution in [-0.4, -0.2) is 30.4 Å². The molecule has 1 amide bonds. The quantitative estimate of drug-likeness (QED) is 0.254. The van der Waals surface area contributed by atoms with Crippen molar-refractivity contribution in [2.45, 2.75) is 64.0 Å². The van der Waals surface area contributed by atoms with Gasteiger partial charge in [-0.1, -0.05) is 17.7 Å². The van der Waals surface area contributed by atoms with Gasteiger partial charge in [0.1, 0.15) is 10.3 Å². The number of nitrogens with one attached hydrogen (secondary N) is 1. The van der Waals surface area contributed by atoms with E-state index in [-0.39, 0.29) is 29.2 Å². The molecule has 1 N–H and O–H groups in total. The highest BCUT2D eigenvalue weighted by atomic mass is 79.9. The molecule has 4 aliphatic carbocycles. The Labute approximate surface area is 232 Å². The average molecular weight is 606 g/mol. The first-order valence-electron chi connectivity index (χ1n) is 12.7. The summed E-state index contributed by atoms with van der Waals surface area (Å²) in [6.45, 7) is 2.01. The minimum Gasteiger partial charge on any atom is -0.358 e. The van der Waals surface area contributed by atoms with Gasteiger partial charge in [0, 0.05) is 28.8 Å². The van der Waals surface area contributed by atoms with E-state index in [1.165, 1.54) is 6.07 Å². The maximum atomic E-state index is 14.3. The SMILES string of the molecule is Cc1cc(NC(=O)CC23CC4CC(C2)CC(n2cc(Br)c([N+](=O)[O-])n2)(C4)C3)nn1Cc1c(F)cccc1Cl. The lowest BCUT2D eigenvalue weighted by Crippen LogP contribution is -2.57. The van der Waals surface area contributed by atoms with Gasteiger partial charge in [0.05, 0.1) is 23.4 Å². The summed E-state index contributed by atoms with van der Waals surface area (Å²) in [6, 6.07) is 6.33. The Kier molecular flexibility index (Phi) is 6.14. The molecule has 200 valence electrons. The second kappa shape index (κ2) is 9.15. The van der Waals surface area contributed by atoms with Gasteiger partial charge in [-0.25, -0.2) is 4.39 Å². The lowest BCUT2D eigenvalue weighted by Gasteiger charge is -2.61. The normalized spacial score (nSPS) is 27.6. The highest BCUT2D eigenvalue weighted by Gasteiger charge is 2.60. The number of amides is 1. The minimum absolute atomic E-state index is 0.108. The second-order valence-electron chi connectivity index (χ2n) is 11.4. The predicted molar refractivity (Wildman–Crippen MR) is 142 cm³/mol. The van der Waals surface area contributed by atoms with Crippen LogP contribution in [-0.2, 0) is 16.9 Å².